The highest BCUT2D eigenvalue weighted by Crippen LogP contribution is 2.24. The number of nitriles is 1. The average Bonchev–Trinajstić information content (AvgIpc) is 2.99. The van der Waals surface area contributed by atoms with Gasteiger partial charge in [0.15, 0.2) is 6.61 Å². The zero-order chi connectivity index (χ0) is 22.4. The first-order chi connectivity index (χ1) is 14.9. The van der Waals surface area contributed by atoms with E-state index in [1.807, 2.05) is 30.3 Å². The average molecular weight is 436 g/mol. The number of aromatic nitrogens is 2. The maximum absolute atomic E-state index is 12.9. The van der Waals surface area contributed by atoms with Gasteiger partial charge in [-0.05, 0) is 31.2 Å². The van der Waals surface area contributed by atoms with Gasteiger partial charge in [0.25, 0.3) is 5.56 Å². The molecule has 0 saturated carbocycles. The van der Waals surface area contributed by atoms with Crippen molar-refractivity contribution in [1.29, 1.82) is 5.26 Å². The molecule has 0 spiro atoms. The number of nitrogens with zero attached hydrogens (tertiary/aromatic N) is 3. The fourth-order valence-electron chi connectivity index (χ4n) is 2.97. The van der Waals surface area contributed by atoms with E-state index < -0.39 is 5.97 Å². The van der Waals surface area contributed by atoms with Crippen molar-refractivity contribution >= 4 is 29.3 Å². The van der Waals surface area contributed by atoms with Gasteiger partial charge in [0.2, 0.25) is 5.91 Å². The number of ether oxygens (including phenoxy) is 1. The van der Waals surface area contributed by atoms with Gasteiger partial charge in [0.1, 0.15) is 11.8 Å². The number of anilines is 1. The molecule has 158 valence electrons. The Hall–Kier alpha value is -3.77. The first-order valence-electron chi connectivity index (χ1n) is 9.33. The summed E-state index contributed by atoms with van der Waals surface area (Å²) in [5.41, 5.74) is 1.46. The molecule has 0 aliphatic carbocycles. The van der Waals surface area contributed by atoms with Gasteiger partial charge in [0, 0.05) is 11.9 Å². The lowest BCUT2D eigenvalue weighted by molar-refractivity contribution is -0.113. The van der Waals surface area contributed by atoms with Crippen LogP contribution in [0.15, 0.2) is 64.3 Å². The number of amides is 1. The molecular formula is C22H20N4O4S. The van der Waals surface area contributed by atoms with E-state index in [1.54, 1.807) is 49.0 Å². The van der Waals surface area contributed by atoms with E-state index in [0.717, 1.165) is 11.8 Å². The summed E-state index contributed by atoms with van der Waals surface area (Å²) < 4.78 is 8.02. The number of para-hydroxylation sites is 1. The maximum atomic E-state index is 12.9. The Morgan fingerprint density at radius 1 is 1.13 bits per heavy atom. The molecule has 0 aliphatic rings. The van der Waals surface area contributed by atoms with Crippen LogP contribution in [0.3, 0.4) is 0 Å². The first-order valence-corrected chi connectivity index (χ1v) is 10.3. The van der Waals surface area contributed by atoms with Gasteiger partial charge >= 0.3 is 5.97 Å². The molecule has 2 aromatic carbocycles. The quantitative estimate of drug-likeness (QED) is 0.451. The number of nitrogens with one attached hydrogen (secondary N) is 1. The van der Waals surface area contributed by atoms with Crippen LogP contribution in [0.25, 0.3) is 5.69 Å². The van der Waals surface area contributed by atoms with Gasteiger partial charge in [-0.2, -0.15) is 5.26 Å². The van der Waals surface area contributed by atoms with E-state index in [9.17, 15) is 14.4 Å². The Bertz CT molecular complexity index is 1210. The van der Waals surface area contributed by atoms with Crippen LogP contribution in [0.5, 0.6) is 0 Å². The Labute approximate surface area is 183 Å². The molecule has 0 unspecified atom stereocenters. The van der Waals surface area contributed by atoms with Crippen molar-refractivity contribution in [2.24, 2.45) is 7.05 Å². The second-order valence-electron chi connectivity index (χ2n) is 6.50. The van der Waals surface area contributed by atoms with Crippen molar-refractivity contribution < 1.29 is 14.3 Å². The van der Waals surface area contributed by atoms with Crippen molar-refractivity contribution in [2.75, 3.05) is 17.7 Å². The molecule has 0 radical (unpaired) electrons. The summed E-state index contributed by atoms with van der Waals surface area (Å²) in [5.74, 6) is -1.02. The number of thioether (sulfide) groups is 1. The molecule has 3 aromatic rings. The molecule has 1 aromatic heterocycles. The van der Waals surface area contributed by atoms with Crippen molar-refractivity contribution in [2.45, 2.75) is 11.8 Å². The number of carbonyl (C=O) groups is 2. The lowest BCUT2D eigenvalue weighted by Crippen LogP contribution is -2.23. The second-order valence-corrected chi connectivity index (χ2v) is 7.52. The van der Waals surface area contributed by atoms with E-state index >= 15 is 0 Å². The summed E-state index contributed by atoms with van der Waals surface area (Å²) in [7, 11) is 1.75. The van der Waals surface area contributed by atoms with E-state index in [1.165, 1.54) is 4.68 Å². The predicted molar refractivity (Wildman–Crippen MR) is 117 cm³/mol. The van der Waals surface area contributed by atoms with Crippen LogP contribution in [-0.4, -0.2) is 33.6 Å². The zero-order valence-corrected chi connectivity index (χ0v) is 17.8. The molecule has 1 amide bonds. The summed E-state index contributed by atoms with van der Waals surface area (Å²) in [4.78, 5) is 38.1. The molecule has 1 N–H and O–H groups in total. The molecule has 8 nitrogen and oxygen atoms in total. The Balaban J connectivity index is 1.74. The monoisotopic (exact) mass is 436 g/mol. The maximum Gasteiger partial charge on any atom is 0.340 e. The second kappa shape index (κ2) is 9.82. The molecule has 9 heteroatoms. The highest BCUT2D eigenvalue weighted by Gasteiger charge is 2.19. The van der Waals surface area contributed by atoms with Crippen LogP contribution in [0, 0.1) is 18.3 Å². The molecule has 0 fully saturated rings. The fourth-order valence-corrected chi connectivity index (χ4v) is 3.81. The van der Waals surface area contributed by atoms with Crippen molar-refractivity contribution in [1.82, 2.24) is 9.36 Å². The van der Waals surface area contributed by atoms with Crippen molar-refractivity contribution in [3.8, 4) is 11.8 Å². The lowest BCUT2D eigenvalue weighted by Gasteiger charge is -2.08. The zero-order valence-electron chi connectivity index (χ0n) is 17.0. The Morgan fingerprint density at radius 3 is 2.52 bits per heavy atom. The largest absolute Gasteiger partial charge is 0.447 e. The number of benzene rings is 2. The summed E-state index contributed by atoms with van der Waals surface area (Å²) in [5, 5.41) is 11.3. The first kappa shape index (κ1) is 21.9. The third-order valence-corrected chi connectivity index (χ3v) is 5.63. The van der Waals surface area contributed by atoms with Gasteiger partial charge in [-0.15, -0.1) is 11.8 Å². The normalized spacial score (nSPS) is 10.4. The highest BCUT2D eigenvalue weighted by atomic mass is 32.2. The van der Waals surface area contributed by atoms with Gasteiger partial charge in [-0.1, -0.05) is 30.3 Å². The van der Waals surface area contributed by atoms with E-state index in [-0.39, 0.29) is 35.1 Å². The van der Waals surface area contributed by atoms with Crippen LogP contribution in [0.4, 0.5) is 5.69 Å². The minimum absolute atomic E-state index is 0.0122. The van der Waals surface area contributed by atoms with Crippen LogP contribution in [0.1, 0.15) is 16.1 Å². The number of hydrogen-bond donors (Lipinski definition) is 1. The minimum Gasteiger partial charge on any atom is -0.447 e. The lowest BCUT2D eigenvalue weighted by atomic mass is 10.2. The molecule has 3 rings (SSSR count). The standard InChI is InChI=1S/C22H20N4O4S/c1-15-20(21(28)26(25(15)2)16-8-4-3-5-9-16)24-19(27)14-31-18-11-7-6-10-17(18)22(29)30-13-12-23/h3-11H,13-14H2,1-2H3,(H,24,27). The SMILES string of the molecule is Cc1c(NC(=O)CSc2ccccc2C(=O)OCC#N)c(=O)n(-c2ccccc2)n1C. The fraction of sp³-hybridized carbons (Fsp3) is 0.182. The third-order valence-electron chi connectivity index (χ3n) is 4.55. The molecule has 0 atom stereocenters. The van der Waals surface area contributed by atoms with Gasteiger partial charge in [-0.25, -0.2) is 9.48 Å². The highest BCUT2D eigenvalue weighted by molar-refractivity contribution is 8.00. The van der Waals surface area contributed by atoms with E-state index in [2.05, 4.69) is 5.32 Å². The van der Waals surface area contributed by atoms with Crippen LogP contribution < -0.4 is 10.9 Å². The molecule has 31 heavy (non-hydrogen) atoms. The number of carbonyl (C=O) groups excluding carboxylic acids is 2. The molecule has 0 bridgehead atoms. The molecule has 1 heterocycles. The molecule has 0 aliphatic heterocycles. The van der Waals surface area contributed by atoms with Gasteiger partial charge < -0.3 is 10.1 Å². The number of rotatable bonds is 7. The Kier molecular flexibility index (Phi) is 6.95. The minimum atomic E-state index is -0.630. The summed E-state index contributed by atoms with van der Waals surface area (Å²) in [6, 6.07) is 17.6. The number of esters is 1. The third kappa shape index (κ3) is 4.87. The van der Waals surface area contributed by atoms with Crippen LogP contribution >= 0.6 is 11.8 Å². The molecular weight excluding hydrogens is 416 g/mol. The van der Waals surface area contributed by atoms with Gasteiger partial charge in [-0.3, -0.25) is 14.3 Å². The smallest absolute Gasteiger partial charge is 0.340 e. The summed E-state index contributed by atoms with van der Waals surface area (Å²) in [6.07, 6.45) is 0. The Morgan fingerprint density at radius 2 is 1.81 bits per heavy atom. The van der Waals surface area contributed by atoms with E-state index in [0.29, 0.717) is 16.3 Å². The van der Waals surface area contributed by atoms with Crippen molar-refractivity contribution in [3.63, 3.8) is 0 Å². The predicted octanol–water partition coefficient (Wildman–Crippen LogP) is 2.90. The summed E-state index contributed by atoms with van der Waals surface area (Å²) >= 11 is 1.14. The van der Waals surface area contributed by atoms with Crippen LogP contribution in [0.2, 0.25) is 0 Å². The van der Waals surface area contributed by atoms with E-state index in [4.69, 9.17) is 10.00 Å². The van der Waals surface area contributed by atoms with Gasteiger partial charge in [0.05, 0.1) is 22.7 Å². The topological polar surface area (TPSA) is 106 Å². The summed E-state index contributed by atoms with van der Waals surface area (Å²) in [6.45, 7) is 1.41. The van der Waals surface area contributed by atoms with Crippen LogP contribution in [-0.2, 0) is 16.6 Å². The number of hydrogen-bond acceptors (Lipinski definition) is 6. The molecule has 0 saturated heterocycles. The van der Waals surface area contributed by atoms with Crippen molar-refractivity contribution in [3.05, 3.63) is 76.2 Å².